The Bertz CT molecular complexity index is 1310. The molecule has 2 aliphatic rings. The molecule has 208 valence electrons. The number of carboxylic acids is 1. The Labute approximate surface area is 232 Å². The van der Waals surface area contributed by atoms with E-state index >= 15 is 0 Å². The summed E-state index contributed by atoms with van der Waals surface area (Å²) in [5.74, 6) is 0.733. The highest BCUT2D eigenvalue weighted by Crippen LogP contribution is 2.47. The molecule has 2 saturated carbocycles. The van der Waals surface area contributed by atoms with Gasteiger partial charge in [-0.15, -0.1) is 11.8 Å². The smallest absolute Gasteiger partial charge is 0.304 e. The predicted octanol–water partition coefficient (Wildman–Crippen LogP) is 7.29. The molecule has 9 heteroatoms. The summed E-state index contributed by atoms with van der Waals surface area (Å²) >= 11 is 1.71. The topological polar surface area (TPSA) is 91.0 Å². The number of carboxylic acid groups (broad SMARTS) is 1. The van der Waals surface area contributed by atoms with Crippen LogP contribution in [-0.4, -0.2) is 35.2 Å². The van der Waals surface area contributed by atoms with Crippen LogP contribution in [0.2, 0.25) is 0 Å². The van der Waals surface area contributed by atoms with Gasteiger partial charge >= 0.3 is 5.97 Å². The van der Waals surface area contributed by atoms with Gasteiger partial charge in [0.1, 0.15) is 23.9 Å². The summed E-state index contributed by atoms with van der Waals surface area (Å²) in [4.78, 5) is 11.5. The lowest BCUT2D eigenvalue weighted by molar-refractivity contribution is -0.137. The highest BCUT2D eigenvalue weighted by molar-refractivity contribution is 8.00. The fourth-order valence-electron chi connectivity index (χ4n) is 5.15. The van der Waals surface area contributed by atoms with Crippen LogP contribution in [0.5, 0.6) is 17.2 Å². The molecule has 1 aromatic heterocycles. The molecule has 0 radical (unpaired) electrons. The average Bonchev–Trinajstić information content (AvgIpc) is 3.62. The maximum absolute atomic E-state index is 14.8. The normalized spacial score (nSPS) is 17.3. The zero-order valence-corrected chi connectivity index (χ0v) is 23.3. The predicted molar refractivity (Wildman–Crippen MR) is 147 cm³/mol. The molecule has 39 heavy (non-hydrogen) atoms. The van der Waals surface area contributed by atoms with Crippen molar-refractivity contribution in [3.63, 3.8) is 0 Å². The lowest BCUT2D eigenvalue weighted by Gasteiger charge is -2.42. The Morgan fingerprint density at radius 2 is 1.97 bits per heavy atom. The second-order valence-electron chi connectivity index (χ2n) is 11.2. The number of methoxy groups -OCH3 is 1. The van der Waals surface area contributed by atoms with Crippen LogP contribution in [0.15, 0.2) is 47.0 Å². The SMILES string of the molecule is COc1ccc(F)c(-c2onc(COc3cccc(C(CC(=O)O)SC4CC4)c3)c2OCC2CC(C)(C)C2)c1. The molecule has 5 rings (SSSR count). The van der Waals surface area contributed by atoms with Gasteiger partial charge in [-0.25, -0.2) is 4.39 Å². The van der Waals surface area contributed by atoms with E-state index in [0.29, 0.717) is 46.1 Å². The van der Waals surface area contributed by atoms with Crippen molar-refractivity contribution in [2.75, 3.05) is 13.7 Å². The fourth-order valence-corrected chi connectivity index (χ4v) is 6.57. The monoisotopic (exact) mass is 555 g/mol. The van der Waals surface area contributed by atoms with Gasteiger partial charge in [0.2, 0.25) is 5.76 Å². The van der Waals surface area contributed by atoms with Crippen molar-refractivity contribution in [3.8, 4) is 28.6 Å². The molecule has 1 atom stereocenters. The van der Waals surface area contributed by atoms with Gasteiger partial charge < -0.3 is 23.8 Å². The van der Waals surface area contributed by atoms with E-state index in [1.165, 1.54) is 13.2 Å². The van der Waals surface area contributed by atoms with Gasteiger partial charge in [-0.2, -0.15) is 0 Å². The maximum atomic E-state index is 14.8. The largest absolute Gasteiger partial charge is 0.497 e. The summed E-state index contributed by atoms with van der Waals surface area (Å²) in [6.45, 7) is 4.99. The Hall–Kier alpha value is -3.20. The molecule has 7 nitrogen and oxygen atoms in total. The minimum absolute atomic E-state index is 0.0450. The minimum atomic E-state index is -0.823. The minimum Gasteiger partial charge on any atom is -0.497 e. The second-order valence-corrected chi connectivity index (χ2v) is 12.7. The number of benzene rings is 2. The van der Waals surface area contributed by atoms with Crippen molar-refractivity contribution in [2.24, 2.45) is 11.3 Å². The van der Waals surface area contributed by atoms with E-state index < -0.39 is 11.8 Å². The van der Waals surface area contributed by atoms with Crippen molar-refractivity contribution in [3.05, 3.63) is 59.5 Å². The first-order valence-corrected chi connectivity index (χ1v) is 14.2. The summed E-state index contributed by atoms with van der Waals surface area (Å²) in [6.07, 6.45) is 4.41. The van der Waals surface area contributed by atoms with E-state index in [1.54, 1.807) is 23.9 Å². The summed E-state index contributed by atoms with van der Waals surface area (Å²) in [7, 11) is 1.52. The zero-order chi connectivity index (χ0) is 27.6. The molecule has 1 heterocycles. The lowest BCUT2D eigenvalue weighted by Crippen LogP contribution is -2.35. The van der Waals surface area contributed by atoms with Gasteiger partial charge in [0, 0.05) is 10.5 Å². The zero-order valence-electron chi connectivity index (χ0n) is 22.4. The van der Waals surface area contributed by atoms with Crippen LogP contribution in [0.3, 0.4) is 0 Å². The molecule has 1 N–H and O–H groups in total. The Morgan fingerprint density at radius 1 is 1.18 bits per heavy atom. The van der Waals surface area contributed by atoms with Crippen LogP contribution in [0.1, 0.15) is 62.5 Å². The van der Waals surface area contributed by atoms with Crippen molar-refractivity contribution in [2.45, 2.75) is 63.1 Å². The maximum Gasteiger partial charge on any atom is 0.304 e. The van der Waals surface area contributed by atoms with Crippen molar-refractivity contribution >= 4 is 17.7 Å². The molecule has 2 aromatic carbocycles. The molecule has 0 bridgehead atoms. The Kier molecular flexibility index (Phi) is 8.07. The van der Waals surface area contributed by atoms with E-state index in [0.717, 1.165) is 31.2 Å². The van der Waals surface area contributed by atoms with Gasteiger partial charge in [0.15, 0.2) is 11.4 Å². The molecule has 0 amide bonds. The number of aromatic nitrogens is 1. The van der Waals surface area contributed by atoms with Crippen molar-refractivity contribution in [1.29, 1.82) is 0 Å². The molecular formula is C30H34FNO6S. The molecule has 3 aromatic rings. The molecule has 0 aliphatic heterocycles. The third kappa shape index (κ3) is 6.87. The first-order valence-electron chi connectivity index (χ1n) is 13.3. The second kappa shape index (κ2) is 11.5. The summed E-state index contributed by atoms with van der Waals surface area (Å²) < 4.78 is 38.0. The first kappa shape index (κ1) is 27.4. The number of ether oxygens (including phenoxy) is 3. The number of hydrogen-bond acceptors (Lipinski definition) is 7. The van der Waals surface area contributed by atoms with Crippen LogP contribution in [0.25, 0.3) is 11.3 Å². The number of nitrogens with zero attached hydrogens (tertiary/aromatic N) is 1. The van der Waals surface area contributed by atoms with Gasteiger partial charge in [-0.1, -0.05) is 31.1 Å². The van der Waals surface area contributed by atoms with Gasteiger partial charge in [-0.3, -0.25) is 4.79 Å². The van der Waals surface area contributed by atoms with Crippen LogP contribution in [0.4, 0.5) is 4.39 Å². The number of carbonyl (C=O) groups is 1. The Morgan fingerprint density at radius 3 is 2.67 bits per heavy atom. The molecule has 2 fully saturated rings. The van der Waals surface area contributed by atoms with E-state index in [-0.39, 0.29) is 29.6 Å². The van der Waals surface area contributed by atoms with E-state index in [1.807, 2.05) is 24.3 Å². The van der Waals surface area contributed by atoms with E-state index in [2.05, 4.69) is 19.0 Å². The van der Waals surface area contributed by atoms with Crippen molar-refractivity contribution in [1.82, 2.24) is 5.16 Å². The van der Waals surface area contributed by atoms with Crippen molar-refractivity contribution < 1.29 is 33.0 Å². The highest BCUT2D eigenvalue weighted by Gasteiger charge is 2.37. The molecule has 2 aliphatic carbocycles. The number of aliphatic carboxylic acids is 1. The lowest BCUT2D eigenvalue weighted by atomic mass is 9.65. The number of rotatable bonds is 13. The quantitative estimate of drug-likeness (QED) is 0.235. The van der Waals surface area contributed by atoms with Gasteiger partial charge in [-0.05, 0) is 72.9 Å². The molecule has 0 spiro atoms. The standard InChI is InChI=1S/C30H34FNO6S/c1-30(2)14-18(15-30)16-37-29-25(32-38-28(29)23-12-20(35-3)7-10-24(23)31)17-36-21-6-4-5-19(11-21)26(13-27(33)34)39-22-8-9-22/h4-7,10-12,18,22,26H,8-9,13-17H2,1-3H3,(H,33,34). The number of hydrogen-bond donors (Lipinski definition) is 1. The van der Waals surface area contributed by atoms with Gasteiger partial charge in [0.05, 0.1) is 25.7 Å². The van der Waals surface area contributed by atoms with E-state index in [9.17, 15) is 14.3 Å². The van der Waals surface area contributed by atoms with Gasteiger partial charge in [0.25, 0.3) is 0 Å². The summed E-state index contributed by atoms with van der Waals surface area (Å²) in [5, 5.41) is 14.0. The fraction of sp³-hybridized carbons (Fsp3) is 0.467. The first-order chi connectivity index (χ1) is 18.7. The molecular weight excluding hydrogens is 521 g/mol. The summed E-state index contributed by atoms with van der Waals surface area (Å²) in [5.41, 5.74) is 1.84. The van der Waals surface area contributed by atoms with Crippen LogP contribution < -0.4 is 14.2 Å². The Balaban J connectivity index is 1.36. The van der Waals surface area contributed by atoms with Crippen LogP contribution >= 0.6 is 11.8 Å². The highest BCUT2D eigenvalue weighted by atomic mass is 32.2. The summed E-state index contributed by atoms with van der Waals surface area (Å²) in [6, 6.07) is 11.9. The average molecular weight is 556 g/mol. The third-order valence-corrected chi connectivity index (χ3v) is 8.75. The molecule has 1 unspecified atom stereocenters. The van der Waals surface area contributed by atoms with E-state index in [4.69, 9.17) is 18.7 Å². The number of thioether (sulfide) groups is 1. The third-order valence-electron chi connectivity index (χ3n) is 7.13. The molecule has 0 saturated heterocycles. The van der Waals surface area contributed by atoms with Crippen LogP contribution in [0, 0.1) is 17.2 Å². The number of halogens is 1. The van der Waals surface area contributed by atoms with Crippen LogP contribution in [-0.2, 0) is 11.4 Å².